The molecule has 182 valence electrons. The highest BCUT2D eigenvalue weighted by atomic mass is 16.3. The van der Waals surface area contributed by atoms with Crippen molar-refractivity contribution in [3.05, 3.63) is 145 Å². The minimum Gasteiger partial charge on any atom is -0.456 e. The van der Waals surface area contributed by atoms with Crippen LogP contribution in [0.15, 0.2) is 150 Å². The molecule has 0 spiro atoms. The molecule has 0 amide bonds. The predicted octanol–water partition coefficient (Wildman–Crippen LogP) is 10.9. The Morgan fingerprint density at radius 1 is 0.385 bits per heavy atom. The molecule has 0 aliphatic heterocycles. The van der Waals surface area contributed by atoms with Gasteiger partial charge in [0.15, 0.2) is 0 Å². The smallest absolute Gasteiger partial charge is 0.136 e. The Labute approximate surface area is 254 Å². The number of benzene rings is 7. The van der Waals surface area contributed by atoms with E-state index >= 15 is 0 Å². The van der Waals surface area contributed by atoms with Crippen LogP contribution in [0.3, 0.4) is 0 Å². The quantitative estimate of drug-likeness (QED) is 0.213. The van der Waals surface area contributed by atoms with Crippen molar-refractivity contribution in [3.8, 4) is 33.4 Å². The van der Waals surface area contributed by atoms with Crippen molar-refractivity contribution in [1.29, 1.82) is 0 Å². The Hall–Kier alpha value is -5.14. The number of hydrogen-bond acceptors (Lipinski definition) is 1. The third kappa shape index (κ3) is 3.48. The van der Waals surface area contributed by atoms with Gasteiger partial charge in [-0.15, -0.1) is 0 Å². The third-order valence-corrected chi connectivity index (χ3v) is 6.40. The largest absolute Gasteiger partial charge is 0.456 e. The first-order valence-corrected chi connectivity index (χ1v) is 11.7. The molecule has 1 heterocycles. The van der Waals surface area contributed by atoms with Gasteiger partial charge in [-0.3, -0.25) is 0 Å². The monoisotopic (exact) mass is 516 g/mol. The van der Waals surface area contributed by atoms with Gasteiger partial charge >= 0.3 is 0 Å². The summed E-state index contributed by atoms with van der Waals surface area (Å²) in [5.41, 5.74) is -3.74. The summed E-state index contributed by atoms with van der Waals surface area (Å²) in [7, 11) is 0. The highest BCUT2D eigenvalue weighted by molar-refractivity contribution is 6.22. The summed E-state index contributed by atoms with van der Waals surface area (Å²) in [6.07, 6.45) is 0. The molecule has 1 aromatic heterocycles. The zero-order chi connectivity index (χ0) is 43.2. The molecule has 0 N–H and O–H groups in total. The summed E-state index contributed by atoms with van der Waals surface area (Å²) >= 11 is 0. The third-order valence-electron chi connectivity index (χ3n) is 6.40. The van der Waals surface area contributed by atoms with Crippen molar-refractivity contribution >= 4 is 43.5 Å². The first kappa shape index (κ1) is 9.87. The molecule has 8 aromatic rings. The Bertz CT molecular complexity index is 3170. The van der Waals surface area contributed by atoms with Gasteiger partial charge < -0.3 is 4.42 Å². The average Bonchev–Trinajstić information content (AvgIpc) is 3.61. The molecule has 0 saturated carbocycles. The van der Waals surface area contributed by atoms with Crippen LogP contribution in [0.5, 0.6) is 0 Å². The second-order valence-corrected chi connectivity index (χ2v) is 8.55. The number of hydrogen-bond donors (Lipinski definition) is 0. The second kappa shape index (κ2) is 8.72. The second-order valence-electron chi connectivity index (χ2n) is 8.55. The van der Waals surface area contributed by atoms with E-state index < -0.39 is 176 Å². The highest BCUT2D eigenvalue weighted by Crippen LogP contribution is 2.45. The lowest BCUT2D eigenvalue weighted by atomic mass is 9.85. The molecule has 1 nitrogen and oxygen atoms in total. The molecule has 39 heavy (non-hydrogen) atoms. The topological polar surface area (TPSA) is 13.1 Å². The van der Waals surface area contributed by atoms with Crippen molar-refractivity contribution in [3.63, 3.8) is 0 Å². The van der Waals surface area contributed by atoms with Gasteiger partial charge in [0.2, 0.25) is 0 Å². The van der Waals surface area contributed by atoms with Crippen LogP contribution >= 0.6 is 0 Å². The molecular weight excluding hydrogens is 472 g/mol. The number of rotatable bonds is 3. The van der Waals surface area contributed by atoms with E-state index in [4.69, 9.17) is 22.2 Å². The zero-order valence-corrected chi connectivity index (χ0v) is 19.7. The summed E-state index contributed by atoms with van der Waals surface area (Å²) in [4.78, 5) is 0. The summed E-state index contributed by atoms with van der Waals surface area (Å²) in [5.74, 6) is 0. The van der Waals surface area contributed by atoms with Gasteiger partial charge in [0.1, 0.15) is 11.2 Å². The maximum Gasteiger partial charge on any atom is 0.136 e. The molecule has 8 rings (SSSR count). The van der Waals surface area contributed by atoms with Gasteiger partial charge in [-0.1, -0.05) is 121 Å². The van der Waals surface area contributed by atoms with Gasteiger partial charge in [0.25, 0.3) is 0 Å². The molecule has 0 unspecified atom stereocenters. The van der Waals surface area contributed by atoms with E-state index in [0.717, 1.165) is 0 Å². The zero-order valence-electron chi connectivity index (χ0n) is 39.7. The van der Waals surface area contributed by atoms with Crippen LogP contribution in [0, 0.1) is 0 Å². The van der Waals surface area contributed by atoms with Crippen LogP contribution in [-0.4, -0.2) is 0 Å². The standard InChI is InChI=1S/C38H24O/c1-2-11-25(12-3-1)26-13-10-14-27(23-26)37-31-16-4-6-18-33(31)38(34-19-7-5-17-32(34)37)28-21-22-30-29-15-8-9-20-35(29)39-36(30)24-28/h1-24H/i1D,2D,3D,4D,5D,6D,7D,10D,11D,12D,13D,14D,16D,17D,18D,19D,21D,22D,23D,24D. The molecule has 0 aliphatic rings. The molecule has 0 saturated heterocycles. The normalized spacial score (nSPS) is 18.8. The Morgan fingerprint density at radius 3 is 1.64 bits per heavy atom. The average molecular weight is 517 g/mol. The van der Waals surface area contributed by atoms with Gasteiger partial charge in [0.05, 0.1) is 27.4 Å². The first-order chi connectivity index (χ1) is 27.7. The number of fused-ring (bicyclic) bond motifs is 5. The minimum absolute atomic E-state index is 0.0738. The SMILES string of the molecule is [2H]c1c([2H])c([2H])c(-c2c([2H])c([2H])c([2H])c(-c3c4c([2H])c([2H])c([2H])c([2H])c4c(-c4c([2H])c([2H])c5c(oc6ccccc65)c4[2H])c4c([2H])c([2H])c([2H])c([2H])c34)c2[2H])c([2H])c1[2H]. The lowest BCUT2D eigenvalue weighted by molar-refractivity contribution is 0.669. The van der Waals surface area contributed by atoms with E-state index in [9.17, 15) is 9.60 Å². The fourth-order valence-electron chi connectivity index (χ4n) is 4.75. The summed E-state index contributed by atoms with van der Waals surface area (Å²) in [6, 6.07) is -10.1. The molecule has 0 aliphatic carbocycles. The van der Waals surface area contributed by atoms with E-state index in [-0.39, 0.29) is 16.6 Å². The van der Waals surface area contributed by atoms with Crippen molar-refractivity contribution < 1.29 is 31.8 Å². The van der Waals surface area contributed by atoms with Gasteiger partial charge in [0, 0.05) is 10.8 Å². The van der Waals surface area contributed by atoms with Crippen molar-refractivity contribution in [2.45, 2.75) is 0 Å². The maximum absolute atomic E-state index is 9.50. The van der Waals surface area contributed by atoms with Crippen molar-refractivity contribution in [2.75, 3.05) is 0 Å². The molecular formula is C38H24O. The van der Waals surface area contributed by atoms with Crippen LogP contribution in [-0.2, 0) is 0 Å². The van der Waals surface area contributed by atoms with Crippen LogP contribution in [0.25, 0.3) is 76.9 Å². The molecule has 0 atom stereocenters. The minimum atomic E-state index is -0.957. The van der Waals surface area contributed by atoms with Gasteiger partial charge in [-0.05, 0) is 79.1 Å². The molecule has 7 aromatic carbocycles. The summed E-state index contributed by atoms with van der Waals surface area (Å²) in [6.45, 7) is 0. The van der Waals surface area contributed by atoms with E-state index in [0.29, 0.717) is 5.39 Å². The van der Waals surface area contributed by atoms with Gasteiger partial charge in [-0.25, -0.2) is 0 Å². The van der Waals surface area contributed by atoms with E-state index in [1.54, 1.807) is 24.3 Å². The summed E-state index contributed by atoms with van der Waals surface area (Å²) < 4.78 is 184. The van der Waals surface area contributed by atoms with Crippen LogP contribution in [0.4, 0.5) is 0 Å². The Kier molecular flexibility index (Phi) is 2.21. The van der Waals surface area contributed by atoms with Crippen LogP contribution < -0.4 is 0 Å². The molecule has 0 bridgehead atoms. The van der Waals surface area contributed by atoms with Crippen molar-refractivity contribution in [1.82, 2.24) is 0 Å². The number of para-hydroxylation sites is 1. The van der Waals surface area contributed by atoms with E-state index in [2.05, 4.69) is 0 Å². The molecule has 1 heteroatoms. The molecule has 0 radical (unpaired) electrons. The van der Waals surface area contributed by atoms with Gasteiger partial charge in [-0.2, -0.15) is 0 Å². The molecule has 0 fully saturated rings. The summed E-state index contributed by atoms with van der Waals surface area (Å²) in [5, 5.41) is -1.82. The lowest BCUT2D eigenvalue weighted by Gasteiger charge is -2.18. The van der Waals surface area contributed by atoms with Crippen LogP contribution in [0.2, 0.25) is 0 Å². The fourth-order valence-corrected chi connectivity index (χ4v) is 4.75. The predicted molar refractivity (Wildman–Crippen MR) is 165 cm³/mol. The van der Waals surface area contributed by atoms with E-state index in [1.165, 1.54) is 0 Å². The lowest BCUT2D eigenvalue weighted by Crippen LogP contribution is -1.91. The number of furan rings is 1. The fraction of sp³-hybridized carbons (Fsp3) is 0. The Balaban J connectivity index is 1.72. The van der Waals surface area contributed by atoms with Crippen LogP contribution in [0.1, 0.15) is 27.4 Å². The van der Waals surface area contributed by atoms with E-state index in [1.807, 2.05) is 0 Å². The highest BCUT2D eigenvalue weighted by Gasteiger charge is 2.18. The van der Waals surface area contributed by atoms with Crippen molar-refractivity contribution in [2.24, 2.45) is 0 Å². The maximum atomic E-state index is 9.50. The Morgan fingerprint density at radius 2 is 0.949 bits per heavy atom. The first-order valence-electron chi connectivity index (χ1n) is 21.7.